The van der Waals surface area contributed by atoms with Crippen LogP contribution in [0.3, 0.4) is 0 Å². The summed E-state index contributed by atoms with van der Waals surface area (Å²) in [5.41, 5.74) is 0.499. The molecule has 1 N–H and O–H groups in total. The van der Waals surface area contributed by atoms with E-state index in [0.717, 1.165) is 11.5 Å². The van der Waals surface area contributed by atoms with Gasteiger partial charge in [-0.2, -0.15) is 0 Å². The molecule has 1 heterocycles. The Hall–Kier alpha value is -1.33. The van der Waals surface area contributed by atoms with Crippen molar-refractivity contribution in [2.24, 2.45) is 0 Å². The third-order valence-corrected chi connectivity index (χ3v) is 2.84. The summed E-state index contributed by atoms with van der Waals surface area (Å²) < 4.78 is 16.9. The molecule has 0 aliphatic rings. The minimum Gasteiger partial charge on any atom is -0.387 e. The lowest BCUT2D eigenvalue weighted by Gasteiger charge is -2.07. The second kappa shape index (κ2) is 4.46. The molecule has 1 unspecified atom stereocenters. The normalized spacial score (nSPS) is 12.7. The van der Waals surface area contributed by atoms with Crippen molar-refractivity contribution in [2.45, 2.75) is 12.5 Å². The molecule has 0 aliphatic carbocycles. The van der Waals surface area contributed by atoms with Crippen LogP contribution in [0, 0.1) is 5.82 Å². The first-order valence-electron chi connectivity index (χ1n) is 4.46. The van der Waals surface area contributed by atoms with E-state index in [1.54, 1.807) is 18.2 Å². The van der Waals surface area contributed by atoms with Crippen LogP contribution in [0.4, 0.5) is 4.39 Å². The number of aliphatic hydroxyl groups excluding tert-OH is 1. The van der Waals surface area contributed by atoms with E-state index in [-0.39, 0.29) is 12.2 Å². The Morgan fingerprint density at radius 3 is 2.87 bits per heavy atom. The maximum absolute atomic E-state index is 13.3. The summed E-state index contributed by atoms with van der Waals surface area (Å²) in [6, 6.07) is 6.41. The molecule has 2 rings (SSSR count). The van der Waals surface area contributed by atoms with Gasteiger partial charge in [-0.05, 0) is 23.2 Å². The average molecular weight is 224 g/mol. The predicted molar refractivity (Wildman–Crippen MR) is 55.0 cm³/mol. The lowest BCUT2D eigenvalue weighted by atomic mass is 10.1. The monoisotopic (exact) mass is 224 g/mol. The quantitative estimate of drug-likeness (QED) is 0.866. The Morgan fingerprint density at radius 2 is 2.20 bits per heavy atom. The molecule has 5 heteroatoms. The number of hydrogen-bond acceptors (Lipinski definition) is 4. The van der Waals surface area contributed by atoms with Crippen LogP contribution in [-0.2, 0) is 6.42 Å². The summed E-state index contributed by atoms with van der Waals surface area (Å²) in [5.74, 6) is -0.297. The fourth-order valence-corrected chi connectivity index (χ4v) is 1.78. The van der Waals surface area contributed by atoms with Gasteiger partial charge in [-0.3, -0.25) is 0 Å². The highest BCUT2D eigenvalue weighted by Crippen LogP contribution is 2.21. The summed E-state index contributed by atoms with van der Waals surface area (Å²) in [7, 11) is 0. The molecule has 78 valence electrons. The van der Waals surface area contributed by atoms with Gasteiger partial charge in [0.05, 0.1) is 17.2 Å². The van der Waals surface area contributed by atoms with Crippen LogP contribution in [0.25, 0.3) is 0 Å². The number of hydrogen-bond donors (Lipinski definition) is 1. The fourth-order valence-electron chi connectivity index (χ4n) is 1.29. The SMILES string of the molecule is OC(Cc1ccccc1F)c1cnns1. The van der Waals surface area contributed by atoms with Crippen molar-refractivity contribution < 1.29 is 9.50 Å². The van der Waals surface area contributed by atoms with Gasteiger partial charge >= 0.3 is 0 Å². The Kier molecular flexibility index (Phi) is 3.03. The van der Waals surface area contributed by atoms with Crippen molar-refractivity contribution in [3.05, 3.63) is 46.7 Å². The average Bonchev–Trinajstić information content (AvgIpc) is 2.74. The molecule has 15 heavy (non-hydrogen) atoms. The van der Waals surface area contributed by atoms with Crippen LogP contribution in [0.15, 0.2) is 30.5 Å². The van der Waals surface area contributed by atoms with Crippen molar-refractivity contribution >= 4 is 11.5 Å². The zero-order valence-electron chi connectivity index (χ0n) is 7.80. The van der Waals surface area contributed by atoms with Gasteiger partial charge in [-0.1, -0.05) is 22.7 Å². The Labute approximate surface area is 90.4 Å². The molecule has 0 radical (unpaired) electrons. The Morgan fingerprint density at radius 1 is 1.40 bits per heavy atom. The lowest BCUT2D eigenvalue weighted by molar-refractivity contribution is 0.180. The van der Waals surface area contributed by atoms with Gasteiger partial charge in [-0.15, -0.1) is 5.10 Å². The smallest absolute Gasteiger partial charge is 0.126 e. The lowest BCUT2D eigenvalue weighted by Crippen LogP contribution is -2.01. The van der Waals surface area contributed by atoms with Gasteiger partial charge in [0, 0.05) is 6.42 Å². The van der Waals surface area contributed by atoms with Crippen LogP contribution in [0.1, 0.15) is 16.5 Å². The molecule has 3 nitrogen and oxygen atoms in total. The van der Waals surface area contributed by atoms with E-state index >= 15 is 0 Å². The van der Waals surface area contributed by atoms with E-state index in [1.807, 2.05) is 0 Å². The number of aliphatic hydroxyl groups is 1. The number of nitrogens with zero attached hydrogens (tertiary/aromatic N) is 2. The fraction of sp³-hybridized carbons (Fsp3) is 0.200. The molecule has 0 aliphatic heterocycles. The van der Waals surface area contributed by atoms with E-state index in [1.165, 1.54) is 12.3 Å². The molecule has 0 saturated carbocycles. The molecular formula is C10H9FN2OS. The molecule has 1 aromatic carbocycles. The van der Waals surface area contributed by atoms with Gasteiger partial charge in [0.2, 0.25) is 0 Å². The summed E-state index contributed by atoms with van der Waals surface area (Å²) in [6.45, 7) is 0. The first kappa shape index (κ1) is 10.2. The molecular weight excluding hydrogens is 215 g/mol. The van der Waals surface area contributed by atoms with Gasteiger partial charge < -0.3 is 5.11 Å². The van der Waals surface area contributed by atoms with Gasteiger partial charge in [0.1, 0.15) is 5.82 Å². The largest absolute Gasteiger partial charge is 0.387 e. The molecule has 0 spiro atoms. The first-order chi connectivity index (χ1) is 7.27. The molecule has 0 amide bonds. The summed E-state index contributed by atoms with van der Waals surface area (Å²) in [4.78, 5) is 0.651. The van der Waals surface area contributed by atoms with E-state index in [4.69, 9.17) is 0 Å². The number of rotatable bonds is 3. The van der Waals surface area contributed by atoms with E-state index in [0.29, 0.717) is 10.4 Å². The first-order valence-corrected chi connectivity index (χ1v) is 5.23. The minimum atomic E-state index is -0.734. The number of benzene rings is 1. The van der Waals surface area contributed by atoms with Crippen molar-refractivity contribution in [1.29, 1.82) is 0 Å². The molecule has 0 bridgehead atoms. The van der Waals surface area contributed by atoms with E-state index in [9.17, 15) is 9.50 Å². The van der Waals surface area contributed by atoms with Gasteiger partial charge in [0.15, 0.2) is 0 Å². The predicted octanol–water partition coefficient (Wildman–Crippen LogP) is 1.95. The Balaban J connectivity index is 2.13. The number of halogens is 1. The van der Waals surface area contributed by atoms with Crippen LogP contribution in [-0.4, -0.2) is 14.7 Å². The zero-order valence-corrected chi connectivity index (χ0v) is 8.62. The second-order valence-electron chi connectivity index (χ2n) is 3.13. The highest BCUT2D eigenvalue weighted by Gasteiger charge is 2.13. The summed E-state index contributed by atoms with van der Waals surface area (Å²) in [6.07, 6.45) is 1.01. The molecule has 0 saturated heterocycles. The third kappa shape index (κ3) is 2.37. The molecule has 0 fully saturated rings. The molecule has 1 aromatic heterocycles. The molecule has 2 aromatic rings. The van der Waals surface area contributed by atoms with Crippen molar-refractivity contribution in [3.8, 4) is 0 Å². The third-order valence-electron chi connectivity index (χ3n) is 2.08. The standard InChI is InChI=1S/C10H9FN2OS/c11-8-4-2-1-3-7(8)5-9(14)10-6-12-13-15-10/h1-4,6,9,14H,5H2. The summed E-state index contributed by atoms with van der Waals surface area (Å²) in [5, 5.41) is 13.4. The van der Waals surface area contributed by atoms with Gasteiger partial charge in [-0.25, -0.2) is 4.39 Å². The second-order valence-corrected chi connectivity index (χ2v) is 3.95. The van der Waals surface area contributed by atoms with Crippen LogP contribution >= 0.6 is 11.5 Å². The Bertz CT molecular complexity index is 433. The topological polar surface area (TPSA) is 46.0 Å². The minimum absolute atomic E-state index is 0.247. The van der Waals surface area contributed by atoms with Crippen LogP contribution in [0.2, 0.25) is 0 Å². The summed E-state index contributed by atoms with van der Waals surface area (Å²) >= 11 is 1.12. The van der Waals surface area contributed by atoms with E-state index in [2.05, 4.69) is 9.59 Å². The van der Waals surface area contributed by atoms with Crippen molar-refractivity contribution in [3.63, 3.8) is 0 Å². The molecule has 1 atom stereocenters. The number of aromatic nitrogens is 2. The van der Waals surface area contributed by atoms with Crippen LogP contribution < -0.4 is 0 Å². The highest BCUT2D eigenvalue weighted by molar-refractivity contribution is 7.05. The maximum atomic E-state index is 13.3. The zero-order chi connectivity index (χ0) is 10.7. The highest BCUT2D eigenvalue weighted by atomic mass is 32.1. The maximum Gasteiger partial charge on any atom is 0.126 e. The van der Waals surface area contributed by atoms with Crippen molar-refractivity contribution in [2.75, 3.05) is 0 Å². The van der Waals surface area contributed by atoms with Crippen molar-refractivity contribution in [1.82, 2.24) is 9.59 Å². The van der Waals surface area contributed by atoms with Crippen LogP contribution in [0.5, 0.6) is 0 Å². The van der Waals surface area contributed by atoms with Gasteiger partial charge in [0.25, 0.3) is 0 Å². The van der Waals surface area contributed by atoms with E-state index < -0.39 is 6.10 Å².